The van der Waals surface area contributed by atoms with E-state index in [1.807, 2.05) is 67.8 Å². The highest BCUT2D eigenvalue weighted by Gasteiger charge is 2.44. The Morgan fingerprint density at radius 2 is 1.47 bits per heavy atom. The number of carbonyl (C=O) groups excluding carboxylic acids is 3. The van der Waals surface area contributed by atoms with Gasteiger partial charge in [-0.15, -0.1) is 0 Å². The number of nitrogens with two attached hydrogens (primary N) is 1. The van der Waals surface area contributed by atoms with Gasteiger partial charge in [-0.2, -0.15) is 0 Å². The van der Waals surface area contributed by atoms with Crippen LogP contribution < -0.4 is 21.7 Å². The van der Waals surface area contributed by atoms with Crippen molar-refractivity contribution in [3.63, 3.8) is 0 Å². The summed E-state index contributed by atoms with van der Waals surface area (Å²) in [5, 5.41) is 47.4. The molecule has 3 unspecified atom stereocenters. The minimum Gasteiger partial charge on any atom is -0.398 e. The largest absolute Gasteiger partial charge is 0.398 e. The highest BCUT2D eigenvalue weighted by molar-refractivity contribution is 14.1. The first kappa shape index (κ1) is 31.2. The van der Waals surface area contributed by atoms with Crippen LogP contribution >= 0.6 is 67.8 Å². The van der Waals surface area contributed by atoms with Gasteiger partial charge in [0, 0.05) is 36.1 Å². The van der Waals surface area contributed by atoms with Crippen LogP contribution in [0.1, 0.15) is 31.1 Å². The first-order chi connectivity index (χ1) is 17.9. The van der Waals surface area contributed by atoms with Crippen molar-refractivity contribution < 1.29 is 39.5 Å². The van der Waals surface area contributed by atoms with Crippen LogP contribution in [0.5, 0.6) is 0 Å². The summed E-state index contributed by atoms with van der Waals surface area (Å²) in [4.78, 5) is 38.4. The molecule has 2 aromatic rings. The number of benzene rings is 2. The van der Waals surface area contributed by atoms with E-state index in [0.717, 1.165) is 0 Å². The Balaban J connectivity index is 2.03. The van der Waals surface area contributed by atoms with Gasteiger partial charge >= 0.3 is 0 Å². The summed E-state index contributed by atoms with van der Waals surface area (Å²) in [5.74, 6) is -1.49. The molecule has 0 spiro atoms. The topological polar surface area (TPSA) is 203 Å². The average Bonchev–Trinajstić information content (AvgIpc) is 2.88. The minimum absolute atomic E-state index is 0.0144. The number of nitrogens with one attached hydrogen (secondary N) is 3. The van der Waals surface area contributed by atoms with Crippen LogP contribution in [-0.2, 0) is 4.74 Å². The lowest BCUT2D eigenvalue weighted by Gasteiger charge is -2.40. The second-order valence-corrected chi connectivity index (χ2v) is 11.5. The number of rotatable bonds is 6. The molecule has 1 saturated heterocycles. The highest BCUT2D eigenvalue weighted by atomic mass is 127. The van der Waals surface area contributed by atoms with E-state index in [0.29, 0.717) is 33.0 Å². The predicted molar refractivity (Wildman–Crippen MR) is 162 cm³/mol. The number of aliphatic hydroxyl groups is 4. The van der Waals surface area contributed by atoms with Gasteiger partial charge in [-0.1, -0.05) is 6.07 Å². The molecule has 1 aliphatic heterocycles. The molecule has 5 atom stereocenters. The first-order valence-corrected chi connectivity index (χ1v) is 14.3. The van der Waals surface area contributed by atoms with Crippen molar-refractivity contribution in [2.75, 3.05) is 26.4 Å². The minimum atomic E-state index is -1.68. The number of amides is 3. The second kappa shape index (κ2) is 12.9. The van der Waals surface area contributed by atoms with Crippen molar-refractivity contribution in [1.82, 2.24) is 16.0 Å². The number of hydrogen-bond donors (Lipinski definition) is 8. The molecule has 2 aromatic carbocycles. The van der Waals surface area contributed by atoms with E-state index < -0.39 is 43.2 Å². The van der Waals surface area contributed by atoms with Crippen molar-refractivity contribution >= 4 is 91.2 Å². The molecule has 0 aromatic heterocycles. The lowest BCUT2D eigenvalue weighted by atomic mass is 9.95. The molecule has 9 N–H and O–H groups in total. The van der Waals surface area contributed by atoms with Gasteiger partial charge in [0.05, 0.1) is 23.3 Å². The molecule has 0 saturated carbocycles. The number of carbonyl (C=O) groups is 3. The second-order valence-electron chi connectivity index (χ2n) is 8.26. The van der Waals surface area contributed by atoms with Crippen molar-refractivity contribution in [3.05, 3.63) is 45.6 Å². The summed E-state index contributed by atoms with van der Waals surface area (Å²) in [7, 11) is 2.98. The number of ether oxygens (including phenoxy) is 1. The fraction of sp³-hybridized carbons (Fsp3) is 0.348. The van der Waals surface area contributed by atoms with Gasteiger partial charge in [-0.3, -0.25) is 14.4 Å². The fourth-order valence-corrected chi connectivity index (χ4v) is 8.74. The van der Waals surface area contributed by atoms with E-state index >= 15 is 0 Å². The summed E-state index contributed by atoms with van der Waals surface area (Å²) in [5.41, 5.74) is 8.04. The van der Waals surface area contributed by atoms with Crippen molar-refractivity contribution in [2.45, 2.75) is 30.6 Å². The van der Waals surface area contributed by atoms with Crippen molar-refractivity contribution in [2.24, 2.45) is 0 Å². The monoisotopic (exact) mass is 866 g/mol. The van der Waals surface area contributed by atoms with Gasteiger partial charge in [-0.05, 0) is 85.5 Å². The molecule has 3 amide bonds. The number of halogens is 3. The summed E-state index contributed by atoms with van der Waals surface area (Å²) in [6, 6.07) is 3.16. The van der Waals surface area contributed by atoms with Crippen LogP contribution in [0.3, 0.4) is 0 Å². The number of aliphatic hydroxyl groups excluding tert-OH is 4. The van der Waals surface area contributed by atoms with Crippen LogP contribution in [0.15, 0.2) is 18.2 Å². The third-order valence-electron chi connectivity index (χ3n) is 6.01. The quantitative estimate of drug-likeness (QED) is 0.145. The molecule has 12 nitrogen and oxygen atoms in total. The summed E-state index contributed by atoms with van der Waals surface area (Å²) >= 11 is 6.04. The van der Waals surface area contributed by atoms with E-state index in [1.54, 1.807) is 6.07 Å². The Labute approximate surface area is 258 Å². The van der Waals surface area contributed by atoms with E-state index in [1.165, 1.54) is 26.2 Å². The maximum atomic E-state index is 13.0. The van der Waals surface area contributed by atoms with Gasteiger partial charge in [0.15, 0.2) is 6.29 Å². The molecule has 15 heteroatoms. The van der Waals surface area contributed by atoms with E-state index in [9.17, 15) is 34.8 Å². The van der Waals surface area contributed by atoms with Gasteiger partial charge in [0.2, 0.25) is 0 Å². The van der Waals surface area contributed by atoms with Crippen LogP contribution in [0.2, 0.25) is 0 Å². The highest BCUT2D eigenvalue weighted by Crippen LogP contribution is 2.39. The Kier molecular flexibility index (Phi) is 10.6. The fourth-order valence-electron chi connectivity index (χ4n) is 3.97. The maximum absolute atomic E-state index is 13.0. The van der Waals surface area contributed by atoms with Gasteiger partial charge in [-0.25, -0.2) is 0 Å². The van der Waals surface area contributed by atoms with E-state index in [-0.39, 0.29) is 23.1 Å². The van der Waals surface area contributed by atoms with Crippen molar-refractivity contribution in [1.29, 1.82) is 0 Å². The summed E-state index contributed by atoms with van der Waals surface area (Å²) in [6.07, 6.45) is -6.05. The van der Waals surface area contributed by atoms with E-state index in [2.05, 4.69) is 16.0 Å². The molecule has 1 fully saturated rings. The van der Waals surface area contributed by atoms with Crippen LogP contribution in [0.25, 0.3) is 11.1 Å². The molecule has 38 heavy (non-hydrogen) atoms. The molecular weight excluding hydrogens is 841 g/mol. The van der Waals surface area contributed by atoms with E-state index in [4.69, 9.17) is 10.5 Å². The zero-order valence-corrected chi connectivity index (χ0v) is 26.4. The normalized spacial score (nSPS) is 23.0. The van der Waals surface area contributed by atoms with Crippen LogP contribution in [-0.4, -0.2) is 89.5 Å². The molecular formula is C23H25I3N4O8. The average molecular weight is 866 g/mol. The lowest BCUT2D eigenvalue weighted by Crippen LogP contribution is -2.64. The zero-order chi connectivity index (χ0) is 28.5. The number of hydrogen-bond acceptors (Lipinski definition) is 9. The third kappa shape index (κ3) is 5.88. The predicted octanol–water partition coefficient (Wildman–Crippen LogP) is -0.00150. The van der Waals surface area contributed by atoms with Crippen LogP contribution in [0, 0.1) is 10.7 Å². The SMILES string of the molecule is CNC(=O)c1c(I)c(C(=O)NC)c(I)c(-c2ccc(C(=O)NC3C(O)OC(CO)[C@H](O)[C@H]3O)c(N)c2)c1I. The Bertz CT molecular complexity index is 1230. The molecule has 1 aliphatic rings. The first-order valence-electron chi connectivity index (χ1n) is 11.0. The van der Waals surface area contributed by atoms with Crippen LogP contribution in [0.4, 0.5) is 5.69 Å². The molecule has 0 bridgehead atoms. The van der Waals surface area contributed by atoms with Crippen molar-refractivity contribution in [3.8, 4) is 11.1 Å². The van der Waals surface area contributed by atoms with Gasteiger partial charge in [0.25, 0.3) is 17.7 Å². The zero-order valence-electron chi connectivity index (χ0n) is 20.0. The molecule has 1 heterocycles. The summed E-state index contributed by atoms with van der Waals surface area (Å²) in [6.45, 7) is -0.635. The Morgan fingerprint density at radius 3 is 1.95 bits per heavy atom. The number of anilines is 1. The standard InChI is InChI=1S/C23H25I3N4O8/c1-28-21(35)12-14(24)11(15(25)13(16(12)26)22(36)29-2)7-3-4-8(9(27)5-7)20(34)30-17-19(33)18(32)10(6-31)38-23(17)37/h3-5,10,17-19,23,31-33,37H,6,27H2,1-2H3,(H,28,35)(H,29,36)(H,30,34)/t10?,17?,18-,19-,23?/m0/s1. The number of nitrogen functional groups attached to an aromatic ring is 1. The molecule has 3 rings (SSSR count). The van der Waals surface area contributed by atoms with Gasteiger partial charge < -0.3 is 46.8 Å². The maximum Gasteiger partial charge on any atom is 0.253 e. The smallest absolute Gasteiger partial charge is 0.253 e. The van der Waals surface area contributed by atoms with Gasteiger partial charge in [0.1, 0.15) is 24.4 Å². The lowest BCUT2D eigenvalue weighted by molar-refractivity contribution is -0.252. The molecule has 206 valence electrons. The Hall–Kier alpha value is -1.36. The Morgan fingerprint density at radius 1 is 0.921 bits per heavy atom. The molecule has 0 radical (unpaired) electrons. The third-order valence-corrected chi connectivity index (χ3v) is 9.24. The summed E-state index contributed by atoms with van der Waals surface area (Å²) < 4.78 is 6.72. The molecule has 0 aliphatic carbocycles.